The molecule has 0 saturated carbocycles. The molecule has 1 saturated heterocycles. The Balaban J connectivity index is 1.36. The van der Waals surface area contributed by atoms with E-state index >= 15 is 0 Å². The second kappa shape index (κ2) is 20.0. The summed E-state index contributed by atoms with van der Waals surface area (Å²) in [5.41, 5.74) is 3.52. The first kappa shape index (κ1) is 43.8. The minimum Gasteiger partial charge on any atom is -0.494 e. The van der Waals surface area contributed by atoms with Gasteiger partial charge in [-0.1, -0.05) is 84.9 Å². The van der Waals surface area contributed by atoms with Gasteiger partial charge in [0.1, 0.15) is 18.0 Å². The number of methoxy groups -OCH3 is 1. The molecule has 7 rings (SSSR count). The minimum atomic E-state index is -1.63. The van der Waals surface area contributed by atoms with Crippen LogP contribution >= 0.6 is 0 Å². The number of ether oxygens (including phenoxy) is 7. The highest BCUT2D eigenvalue weighted by Gasteiger charge is 2.56. The maximum Gasteiger partial charge on any atom is 0.338 e. The summed E-state index contributed by atoms with van der Waals surface area (Å²) in [7, 11) is 1.38. The molecule has 6 aromatic carbocycles. The van der Waals surface area contributed by atoms with Gasteiger partial charge < -0.3 is 33.2 Å². The Kier molecular flexibility index (Phi) is 13.9. The fourth-order valence-electron chi connectivity index (χ4n) is 7.32. The van der Waals surface area contributed by atoms with E-state index in [1.807, 2.05) is 19.9 Å². The Morgan fingerprint density at radius 2 is 1.06 bits per heavy atom. The summed E-state index contributed by atoms with van der Waals surface area (Å²) < 4.78 is 58.3. The van der Waals surface area contributed by atoms with Crippen molar-refractivity contribution in [3.63, 3.8) is 0 Å². The summed E-state index contributed by atoms with van der Waals surface area (Å²) in [5, 5.41) is 0. The lowest BCUT2D eigenvalue weighted by Gasteiger charge is -2.45. The Morgan fingerprint density at radius 3 is 1.56 bits per heavy atom. The van der Waals surface area contributed by atoms with Crippen LogP contribution < -0.4 is 9.47 Å². The van der Waals surface area contributed by atoms with Gasteiger partial charge in [-0.25, -0.2) is 23.6 Å². The van der Waals surface area contributed by atoms with Crippen molar-refractivity contribution in [1.29, 1.82) is 0 Å². The molecule has 1 heterocycles. The van der Waals surface area contributed by atoms with E-state index in [1.54, 1.807) is 128 Å². The largest absolute Gasteiger partial charge is 0.494 e. The molecular formula is C51H45FO11. The van der Waals surface area contributed by atoms with Crippen LogP contribution in [0.2, 0.25) is 0 Å². The fourth-order valence-corrected chi connectivity index (χ4v) is 7.32. The zero-order valence-corrected chi connectivity index (χ0v) is 35.0. The third-order valence-corrected chi connectivity index (χ3v) is 10.5. The first-order chi connectivity index (χ1) is 30.5. The van der Waals surface area contributed by atoms with E-state index in [0.717, 1.165) is 11.1 Å². The summed E-state index contributed by atoms with van der Waals surface area (Å²) in [4.78, 5) is 55.8. The molecule has 0 unspecified atom stereocenters. The molecule has 0 radical (unpaired) electrons. The molecule has 322 valence electrons. The Labute approximate surface area is 364 Å². The van der Waals surface area contributed by atoms with Crippen LogP contribution in [0.25, 0.3) is 0 Å². The molecule has 11 nitrogen and oxygen atoms in total. The van der Waals surface area contributed by atoms with Gasteiger partial charge in [-0.05, 0) is 104 Å². The Morgan fingerprint density at radius 1 is 0.587 bits per heavy atom. The Bertz CT molecular complexity index is 2530. The molecule has 63 heavy (non-hydrogen) atoms. The quantitative estimate of drug-likeness (QED) is 0.0768. The number of rotatable bonds is 14. The molecule has 0 N–H and O–H groups in total. The van der Waals surface area contributed by atoms with Crippen molar-refractivity contribution in [3.8, 4) is 11.5 Å². The number of hydrogen-bond acceptors (Lipinski definition) is 11. The molecule has 1 fully saturated rings. The van der Waals surface area contributed by atoms with Gasteiger partial charge in [-0.15, -0.1) is 0 Å². The van der Waals surface area contributed by atoms with Crippen LogP contribution in [-0.4, -0.2) is 67.8 Å². The predicted molar refractivity (Wildman–Crippen MR) is 229 cm³/mol. The summed E-state index contributed by atoms with van der Waals surface area (Å²) in [6, 6.07) is 40.9. The SMILES string of the molecule is COc1ccc(Cc2c(C)cc(C)cc2O[C@@H]2O[C@H]([C@@H](C)OC(=O)c3ccccc3)[C@@H](OC(=O)c3ccccc3)[C@H](OC(=O)c3ccccc3)[C@H]2OC(=O)c2ccccc2)cc1F. The van der Waals surface area contributed by atoms with Crippen molar-refractivity contribution in [2.24, 2.45) is 0 Å². The summed E-state index contributed by atoms with van der Waals surface area (Å²) in [5.74, 6) is -3.40. The smallest absolute Gasteiger partial charge is 0.338 e. The van der Waals surface area contributed by atoms with Gasteiger partial charge in [0.05, 0.1) is 29.4 Å². The van der Waals surface area contributed by atoms with Crippen LogP contribution in [0, 0.1) is 19.7 Å². The molecule has 0 aliphatic carbocycles. The van der Waals surface area contributed by atoms with Crippen LogP contribution in [0.15, 0.2) is 152 Å². The van der Waals surface area contributed by atoms with E-state index in [1.165, 1.54) is 31.4 Å². The van der Waals surface area contributed by atoms with Gasteiger partial charge in [0, 0.05) is 12.0 Å². The summed E-state index contributed by atoms with van der Waals surface area (Å²) >= 11 is 0. The zero-order chi connectivity index (χ0) is 44.5. The van der Waals surface area contributed by atoms with Gasteiger partial charge in [-0.2, -0.15) is 0 Å². The Hall–Kier alpha value is -7.31. The van der Waals surface area contributed by atoms with Crippen molar-refractivity contribution in [1.82, 2.24) is 0 Å². The number of benzene rings is 6. The van der Waals surface area contributed by atoms with Gasteiger partial charge in [0.2, 0.25) is 12.4 Å². The molecule has 12 heteroatoms. The molecule has 0 bridgehead atoms. The number of carbonyl (C=O) groups excluding carboxylic acids is 4. The molecule has 1 aliphatic heterocycles. The maximum atomic E-state index is 15.0. The van der Waals surface area contributed by atoms with Gasteiger partial charge >= 0.3 is 23.9 Å². The number of aryl methyl sites for hydroxylation is 2. The molecule has 6 aromatic rings. The first-order valence-electron chi connectivity index (χ1n) is 20.3. The van der Waals surface area contributed by atoms with E-state index < -0.39 is 66.5 Å². The van der Waals surface area contributed by atoms with Crippen molar-refractivity contribution < 1.29 is 56.7 Å². The summed E-state index contributed by atoms with van der Waals surface area (Å²) in [6.07, 6.45) is -8.85. The van der Waals surface area contributed by atoms with Crippen LogP contribution in [0.5, 0.6) is 11.5 Å². The third-order valence-electron chi connectivity index (χ3n) is 10.5. The van der Waals surface area contributed by atoms with Gasteiger partial charge in [0.25, 0.3) is 0 Å². The number of halogens is 1. The average Bonchev–Trinajstić information content (AvgIpc) is 3.30. The van der Waals surface area contributed by atoms with E-state index in [0.29, 0.717) is 11.1 Å². The van der Waals surface area contributed by atoms with Crippen LogP contribution in [0.1, 0.15) is 70.6 Å². The van der Waals surface area contributed by atoms with E-state index in [9.17, 15) is 23.6 Å². The molecule has 0 aromatic heterocycles. The van der Waals surface area contributed by atoms with Gasteiger partial charge in [-0.3, -0.25) is 0 Å². The zero-order valence-electron chi connectivity index (χ0n) is 35.0. The summed E-state index contributed by atoms with van der Waals surface area (Å²) in [6.45, 7) is 5.28. The molecular weight excluding hydrogens is 808 g/mol. The van der Waals surface area contributed by atoms with E-state index in [4.69, 9.17) is 33.2 Å². The van der Waals surface area contributed by atoms with E-state index in [2.05, 4.69) is 0 Å². The lowest BCUT2D eigenvalue weighted by atomic mass is 9.94. The van der Waals surface area contributed by atoms with Crippen molar-refractivity contribution in [2.45, 2.75) is 64.0 Å². The predicted octanol–water partition coefficient (Wildman–Crippen LogP) is 9.07. The molecule has 0 amide bonds. The van der Waals surface area contributed by atoms with Crippen LogP contribution in [0.3, 0.4) is 0 Å². The number of carbonyl (C=O) groups is 4. The average molecular weight is 853 g/mol. The normalized spacial score (nSPS) is 18.6. The second-order valence-electron chi connectivity index (χ2n) is 15.0. The highest BCUT2D eigenvalue weighted by Crippen LogP contribution is 2.37. The fraction of sp³-hybridized carbons (Fsp3) is 0.216. The number of hydrogen-bond donors (Lipinski definition) is 0. The second-order valence-corrected chi connectivity index (χ2v) is 15.0. The third kappa shape index (κ3) is 10.6. The monoisotopic (exact) mass is 852 g/mol. The first-order valence-corrected chi connectivity index (χ1v) is 20.3. The standard InChI is InChI=1S/C51H45FO11/c1-31-27-32(2)39(29-34-25-26-41(57-4)40(52)30-34)42(28-31)59-51-46(62-50(56)38-23-15-8-16-24-38)45(61-49(55)37-21-13-7-14-22-37)44(60-48(54)36-19-11-6-12-20-36)43(63-51)33(3)58-47(53)35-17-9-5-10-18-35/h5-28,30,33,43-46,51H,29H2,1-4H3/t33-,43-,44-,45+,46-,51-/m1/s1. The van der Waals surface area contributed by atoms with Crippen LogP contribution in [-0.2, 0) is 30.1 Å². The van der Waals surface area contributed by atoms with Crippen molar-refractivity contribution >= 4 is 23.9 Å². The maximum absolute atomic E-state index is 15.0. The van der Waals surface area contributed by atoms with Crippen molar-refractivity contribution in [2.75, 3.05) is 7.11 Å². The van der Waals surface area contributed by atoms with Crippen LogP contribution in [0.4, 0.5) is 4.39 Å². The molecule has 1 aliphatic rings. The number of esters is 4. The lowest BCUT2D eigenvalue weighted by Crippen LogP contribution is -2.65. The van der Waals surface area contributed by atoms with Crippen molar-refractivity contribution in [3.05, 3.63) is 202 Å². The van der Waals surface area contributed by atoms with E-state index in [-0.39, 0.29) is 40.2 Å². The molecule has 0 spiro atoms. The highest BCUT2D eigenvalue weighted by molar-refractivity contribution is 5.91. The topological polar surface area (TPSA) is 133 Å². The molecule has 6 atom stereocenters. The minimum absolute atomic E-state index is 0.0845. The van der Waals surface area contributed by atoms with Gasteiger partial charge in [0.15, 0.2) is 23.8 Å². The highest BCUT2D eigenvalue weighted by atomic mass is 19.1. The lowest BCUT2D eigenvalue weighted by molar-refractivity contribution is -0.284.